The molecular formula is C30H41BrN2O5. The molecule has 2 aromatic carbocycles. The van der Waals surface area contributed by atoms with Crippen molar-refractivity contribution in [3.05, 3.63) is 52.0 Å². The van der Waals surface area contributed by atoms with Gasteiger partial charge in [0.2, 0.25) is 5.91 Å². The predicted molar refractivity (Wildman–Crippen MR) is 155 cm³/mol. The van der Waals surface area contributed by atoms with Crippen LogP contribution in [-0.4, -0.2) is 32.3 Å². The van der Waals surface area contributed by atoms with Crippen LogP contribution in [0.15, 0.2) is 46.0 Å². The van der Waals surface area contributed by atoms with Crippen molar-refractivity contribution in [3.8, 4) is 17.2 Å². The molecule has 0 aliphatic heterocycles. The molecule has 38 heavy (non-hydrogen) atoms. The number of rotatable bonds is 18. The summed E-state index contributed by atoms with van der Waals surface area (Å²) in [5.41, 5.74) is 3.43. The van der Waals surface area contributed by atoms with Crippen LogP contribution >= 0.6 is 15.9 Å². The minimum atomic E-state index is -0.552. The van der Waals surface area contributed by atoms with Crippen molar-refractivity contribution in [2.75, 3.05) is 14.2 Å². The van der Waals surface area contributed by atoms with Gasteiger partial charge in [-0.05, 0) is 42.8 Å². The van der Waals surface area contributed by atoms with Crippen molar-refractivity contribution in [1.29, 1.82) is 0 Å². The molecule has 0 radical (unpaired) electrons. The lowest BCUT2D eigenvalue weighted by atomic mass is 10.1. The maximum absolute atomic E-state index is 12.7. The van der Waals surface area contributed by atoms with E-state index >= 15 is 0 Å². The Balaban J connectivity index is 1.77. The van der Waals surface area contributed by atoms with E-state index in [0.717, 1.165) is 17.3 Å². The first kappa shape index (κ1) is 31.3. The zero-order chi connectivity index (χ0) is 27.6. The molecule has 0 fully saturated rings. The molecule has 1 N–H and O–H groups in total. The molecule has 208 valence electrons. The van der Waals surface area contributed by atoms with Crippen LogP contribution in [0.2, 0.25) is 0 Å². The van der Waals surface area contributed by atoms with Gasteiger partial charge in [0.25, 0.3) is 0 Å². The van der Waals surface area contributed by atoms with Crippen LogP contribution in [0.3, 0.4) is 0 Å². The van der Waals surface area contributed by atoms with Gasteiger partial charge < -0.3 is 14.2 Å². The molecule has 0 aromatic heterocycles. The number of amides is 1. The molecule has 0 unspecified atom stereocenters. The Kier molecular flexibility index (Phi) is 15.2. The van der Waals surface area contributed by atoms with Gasteiger partial charge >= 0.3 is 5.97 Å². The number of carbonyl (C=O) groups is 2. The Morgan fingerprint density at radius 2 is 1.42 bits per heavy atom. The summed E-state index contributed by atoms with van der Waals surface area (Å²) in [5, 5.41) is 4.07. The number of hydrogen-bond acceptors (Lipinski definition) is 6. The van der Waals surface area contributed by atoms with Crippen molar-refractivity contribution in [2.45, 2.75) is 84.0 Å². The van der Waals surface area contributed by atoms with E-state index in [4.69, 9.17) is 14.2 Å². The monoisotopic (exact) mass is 588 g/mol. The van der Waals surface area contributed by atoms with Gasteiger partial charge in [0.05, 0.1) is 26.0 Å². The van der Waals surface area contributed by atoms with Crippen molar-refractivity contribution in [1.82, 2.24) is 5.43 Å². The fraction of sp³-hybridized carbons (Fsp3) is 0.500. The zero-order valence-corrected chi connectivity index (χ0v) is 24.5. The summed E-state index contributed by atoms with van der Waals surface area (Å²) in [6, 6.07) is 9.99. The normalized spacial score (nSPS) is 10.9. The third kappa shape index (κ3) is 11.7. The summed E-state index contributed by atoms with van der Waals surface area (Å²) in [4.78, 5) is 24.9. The summed E-state index contributed by atoms with van der Waals surface area (Å²) in [6.07, 6.45) is 15.5. The molecule has 0 heterocycles. The molecule has 0 aliphatic rings. The van der Waals surface area contributed by atoms with Gasteiger partial charge in [-0.25, -0.2) is 10.2 Å². The molecule has 0 saturated heterocycles. The van der Waals surface area contributed by atoms with Crippen molar-refractivity contribution in [2.24, 2.45) is 5.10 Å². The lowest BCUT2D eigenvalue weighted by Crippen LogP contribution is -2.17. The Bertz CT molecular complexity index is 1040. The van der Waals surface area contributed by atoms with Crippen LogP contribution < -0.4 is 19.6 Å². The molecule has 7 nitrogen and oxygen atoms in total. The maximum Gasteiger partial charge on any atom is 0.343 e. The molecule has 0 bridgehead atoms. The summed E-state index contributed by atoms with van der Waals surface area (Å²) in [7, 11) is 3.03. The van der Waals surface area contributed by atoms with E-state index in [2.05, 4.69) is 33.4 Å². The van der Waals surface area contributed by atoms with E-state index in [9.17, 15) is 9.59 Å². The number of carbonyl (C=O) groups excluding carboxylic acids is 2. The highest BCUT2D eigenvalue weighted by Crippen LogP contribution is 2.29. The lowest BCUT2D eigenvalue weighted by Gasteiger charge is -2.11. The Morgan fingerprint density at radius 1 is 0.816 bits per heavy atom. The highest BCUT2D eigenvalue weighted by Gasteiger charge is 2.15. The zero-order valence-electron chi connectivity index (χ0n) is 22.9. The number of methoxy groups -OCH3 is 2. The first-order valence-corrected chi connectivity index (χ1v) is 14.3. The van der Waals surface area contributed by atoms with Gasteiger partial charge in [-0.2, -0.15) is 5.10 Å². The third-order valence-electron chi connectivity index (χ3n) is 6.19. The largest absolute Gasteiger partial charge is 0.493 e. The van der Waals surface area contributed by atoms with E-state index in [1.54, 1.807) is 36.4 Å². The lowest BCUT2D eigenvalue weighted by molar-refractivity contribution is -0.121. The fourth-order valence-electron chi connectivity index (χ4n) is 4.01. The SMILES string of the molecule is CCCCCCCCCCCCCC(=O)NN=Cc1cc(Br)ccc1OC(=O)c1ccc(OC)c(OC)c1. The Morgan fingerprint density at radius 3 is 2.05 bits per heavy atom. The summed E-state index contributed by atoms with van der Waals surface area (Å²) in [5.74, 6) is 0.584. The molecule has 2 rings (SSSR count). The number of benzene rings is 2. The van der Waals surface area contributed by atoms with Gasteiger partial charge in [0.1, 0.15) is 5.75 Å². The van der Waals surface area contributed by atoms with E-state index < -0.39 is 5.97 Å². The van der Waals surface area contributed by atoms with Crippen LogP contribution in [-0.2, 0) is 4.79 Å². The number of hydrazone groups is 1. The number of halogens is 1. The van der Waals surface area contributed by atoms with Gasteiger partial charge in [0, 0.05) is 16.5 Å². The smallest absolute Gasteiger partial charge is 0.343 e. The summed E-state index contributed by atoms with van der Waals surface area (Å²) >= 11 is 3.42. The van der Waals surface area contributed by atoms with Crippen LogP contribution in [0, 0.1) is 0 Å². The number of unbranched alkanes of at least 4 members (excludes halogenated alkanes) is 10. The van der Waals surface area contributed by atoms with E-state index in [1.165, 1.54) is 78.2 Å². The van der Waals surface area contributed by atoms with Gasteiger partial charge in [-0.1, -0.05) is 87.1 Å². The third-order valence-corrected chi connectivity index (χ3v) is 6.69. The van der Waals surface area contributed by atoms with Crippen molar-refractivity contribution < 1.29 is 23.8 Å². The first-order valence-electron chi connectivity index (χ1n) is 13.5. The highest BCUT2D eigenvalue weighted by atomic mass is 79.9. The average molecular weight is 590 g/mol. The Labute approximate surface area is 235 Å². The average Bonchev–Trinajstić information content (AvgIpc) is 2.92. The number of nitrogens with zero attached hydrogens (tertiary/aromatic N) is 1. The molecule has 0 aliphatic carbocycles. The van der Waals surface area contributed by atoms with Crippen LogP contribution in [0.1, 0.15) is 99.9 Å². The quantitative estimate of drug-likeness (QED) is 0.0630. The minimum absolute atomic E-state index is 0.129. The number of esters is 1. The first-order chi connectivity index (χ1) is 18.5. The topological polar surface area (TPSA) is 86.2 Å². The van der Waals surface area contributed by atoms with Crippen molar-refractivity contribution >= 4 is 34.0 Å². The second kappa shape index (κ2) is 18.4. The van der Waals surface area contributed by atoms with Gasteiger partial charge in [-0.3, -0.25) is 4.79 Å². The van der Waals surface area contributed by atoms with Crippen LogP contribution in [0.5, 0.6) is 17.2 Å². The van der Waals surface area contributed by atoms with Crippen LogP contribution in [0.25, 0.3) is 0 Å². The van der Waals surface area contributed by atoms with Gasteiger partial charge in [0.15, 0.2) is 11.5 Å². The maximum atomic E-state index is 12.7. The Hall–Kier alpha value is -2.87. The minimum Gasteiger partial charge on any atom is -0.493 e. The summed E-state index contributed by atoms with van der Waals surface area (Å²) in [6.45, 7) is 2.24. The van der Waals surface area contributed by atoms with E-state index in [-0.39, 0.29) is 5.91 Å². The number of nitrogens with one attached hydrogen (secondary N) is 1. The second-order valence-corrected chi connectivity index (χ2v) is 10.1. The highest BCUT2D eigenvalue weighted by molar-refractivity contribution is 9.10. The standard InChI is InChI=1S/C30H41BrN2O5/c1-4-5-6-7-8-9-10-11-12-13-14-15-29(34)33-32-22-24-20-25(31)17-19-26(24)38-30(35)23-16-18-27(36-2)28(21-23)37-3/h16-22H,4-15H2,1-3H3,(H,33,34). The molecule has 0 spiro atoms. The molecule has 0 atom stereocenters. The molecule has 8 heteroatoms. The molecule has 2 aromatic rings. The number of hydrogen-bond donors (Lipinski definition) is 1. The molecular weight excluding hydrogens is 548 g/mol. The molecule has 0 saturated carbocycles. The fourth-order valence-corrected chi connectivity index (χ4v) is 4.39. The summed E-state index contributed by atoms with van der Waals surface area (Å²) < 4.78 is 16.9. The predicted octanol–water partition coefficient (Wildman–Crippen LogP) is 7.84. The van der Waals surface area contributed by atoms with E-state index in [0.29, 0.717) is 34.8 Å². The molecule has 1 amide bonds. The van der Waals surface area contributed by atoms with Crippen LogP contribution in [0.4, 0.5) is 0 Å². The van der Waals surface area contributed by atoms with Crippen molar-refractivity contribution in [3.63, 3.8) is 0 Å². The second-order valence-electron chi connectivity index (χ2n) is 9.22. The number of ether oxygens (including phenoxy) is 3. The van der Waals surface area contributed by atoms with Gasteiger partial charge in [-0.15, -0.1) is 0 Å². The van der Waals surface area contributed by atoms with E-state index in [1.807, 2.05) is 0 Å².